The maximum Gasteiger partial charge on any atom is 0.323 e. The Balaban J connectivity index is 1.76. The van der Waals surface area contributed by atoms with Gasteiger partial charge in [0.15, 0.2) is 11.5 Å². The summed E-state index contributed by atoms with van der Waals surface area (Å²) in [7, 11) is 0. The van der Waals surface area contributed by atoms with Gasteiger partial charge in [0.2, 0.25) is 0 Å². The topological polar surface area (TPSA) is 67.8 Å². The molecule has 0 amide bonds. The monoisotopic (exact) mass is 311 g/mol. The van der Waals surface area contributed by atoms with Crippen molar-refractivity contribution in [1.29, 1.82) is 0 Å². The van der Waals surface area contributed by atoms with Crippen LogP contribution >= 0.6 is 11.6 Å². The van der Waals surface area contributed by atoms with Gasteiger partial charge < -0.3 is 14.6 Å². The number of ether oxygens (including phenoxy) is 2. The third-order valence-electron chi connectivity index (χ3n) is 4.11. The molecular weight excluding hydrogens is 294 g/mol. The maximum absolute atomic E-state index is 11.3. The van der Waals surface area contributed by atoms with Gasteiger partial charge in [-0.25, -0.2) is 0 Å². The Morgan fingerprint density at radius 2 is 2.05 bits per heavy atom. The average Bonchev–Trinajstić information content (AvgIpc) is 2.62. The minimum Gasteiger partial charge on any atom is -0.489 e. The van der Waals surface area contributed by atoms with Crippen LogP contribution in [0.25, 0.3) is 0 Å². The number of halogens is 1. The molecule has 2 aliphatic rings. The van der Waals surface area contributed by atoms with E-state index in [9.17, 15) is 9.90 Å². The molecule has 1 saturated carbocycles. The van der Waals surface area contributed by atoms with Crippen LogP contribution in [-0.2, 0) is 11.3 Å². The Morgan fingerprint density at radius 3 is 2.71 bits per heavy atom. The number of nitrogens with one attached hydrogen (secondary N) is 1. The van der Waals surface area contributed by atoms with Gasteiger partial charge in [0, 0.05) is 13.0 Å². The molecule has 0 bridgehead atoms. The normalized spacial score (nSPS) is 19.5. The molecule has 114 valence electrons. The quantitative estimate of drug-likeness (QED) is 0.894. The van der Waals surface area contributed by atoms with Crippen molar-refractivity contribution in [2.45, 2.75) is 37.8 Å². The maximum atomic E-state index is 11.3. The second-order valence-electron chi connectivity index (χ2n) is 5.55. The lowest BCUT2D eigenvalue weighted by Crippen LogP contribution is -2.56. The summed E-state index contributed by atoms with van der Waals surface area (Å²) in [6, 6.07) is 3.67. The SMILES string of the molecule is O=C(O)C1(NCc2cc(Cl)c3c(c2)OCCCO3)CCC1. The molecule has 21 heavy (non-hydrogen) atoms. The van der Waals surface area contributed by atoms with E-state index in [0.29, 0.717) is 49.1 Å². The summed E-state index contributed by atoms with van der Waals surface area (Å²) in [5.74, 6) is 0.429. The van der Waals surface area contributed by atoms with Crippen molar-refractivity contribution < 1.29 is 19.4 Å². The average molecular weight is 312 g/mol. The van der Waals surface area contributed by atoms with Crippen LogP contribution in [0.4, 0.5) is 0 Å². The molecule has 0 spiro atoms. The third kappa shape index (κ3) is 2.80. The lowest BCUT2D eigenvalue weighted by atomic mass is 9.76. The number of aliphatic carboxylic acids is 1. The summed E-state index contributed by atoms with van der Waals surface area (Å²) in [6.45, 7) is 1.63. The molecule has 1 fully saturated rings. The molecule has 0 radical (unpaired) electrons. The van der Waals surface area contributed by atoms with Crippen LogP contribution in [0.3, 0.4) is 0 Å². The summed E-state index contributed by atoms with van der Waals surface area (Å²) in [4.78, 5) is 11.3. The van der Waals surface area contributed by atoms with Gasteiger partial charge in [0.25, 0.3) is 0 Å². The third-order valence-corrected chi connectivity index (χ3v) is 4.39. The zero-order chi connectivity index (χ0) is 14.9. The highest BCUT2D eigenvalue weighted by Gasteiger charge is 2.43. The van der Waals surface area contributed by atoms with Crippen LogP contribution in [0.15, 0.2) is 12.1 Å². The summed E-state index contributed by atoms with van der Waals surface area (Å²) >= 11 is 6.23. The van der Waals surface area contributed by atoms with Gasteiger partial charge in [0.05, 0.1) is 18.2 Å². The van der Waals surface area contributed by atoms with Gasteiger partial charge in [-0.1, -0.05) is 11.6 Å². The molecular formula is C15H18ClNO4. The Kier molecular flexibility index (Phi) is 3.95. The molecule has 0 saturated heterocycles. The fraction of sp³-hybridized carbons (Fsp3) is 0.533. The van der Waals surface area contributed by atoms with Crippen molar-refractivity contribution in [2.24, 2.45) is 0 Å². The fourth-order valence-corrected chi connectivity index (χ4v) is 2.94. The lowest BCUT2D eigenvalue weighted by molar-refractivity contribution is -0.148. The van der Waals surface area contributed by atoms with E-state index in [-0.39, 0.29) is 0 Å². The minimum absolute atomic E-state index is 0.447. The summed E-state index contributed by atoms with van der Waals surface area (Å²) in [5, 5.41) is 13.0. The number of carboxylic acid groups (broad SMARTS) is 1. The van der Waals surface area contributed by atoms with Crippen molar-refractivity contribution in [2.75, 3.05) is 13.2 Å². The number of hydrogen-bond donors (Lipinski definition) is 2. The van der Waals surface area contributed by atoms with Crippen LogP contribution in [-0.4, -0.2) is 29.8 Å². The van der Waals surface area contributed by atoms with Crippen molar-refractivity contribution >= 4 is 17.6 Å². The number of rotatable bonds is 4. The molecule has 2 N–H and O–H groups in total. The molecule has 1 aliphatic heterocycles. The van der Waals surface area contributed by atoms with Crippen molar-refractivity contribution in [3.05, 3.63) is 22.7 Å². The van der Waals surface area contributed by atoms with Gasteiger partial charge >= 0.3 is 5.97 Å². The molecule has 3 rings (SSSR count). The minimum atomic E-state index is -0.783. The summed E-state index contributed by atoms with van der Waals surface area (Å²) in [5.41, 5.74) is 0.119. The molecule has 6 heteroatoms. The molecule has 1 aromatic rings. The zero-order valence-corrected chi connectivity index (χ0v) is 12.4. The second kappa shape index (κ2) is 5.73. The molecule has 1 aliphatic carbocycles. The zero-order valence-electron chi connectivity index (χ0n) is 11.7. The van der Waals surface area contributed by atoms with Crippen LogP contribution in [0.5, 0.6) is 11.5 Å². The van der Waals surface area contributed by atoms with E-state index >= 15 is 0 Å². The number of benzene rings is 1. The molecule has 0 unspecified atom stereocenters. The van der Waals surface area contributed by atoms with E-state index < -0.39 is 11.5 Å². The van der Waals surface area contributed by atoms with E-state index in [1.54, 1.807) is 6.07 Å². The number of carbonyl (C=O) groups is 1. The first-order chi connectivity index (χ1) is 10.1. The highest BCUT2D eigenvalue weighted by atomic mass is 35.5. The van der Waals surface area contributed by atoms with Gasteiger partial charge in [-0.15, -0.1) is 0 Å². The number of carboxylic acids is 1. The highest BCUT2D eigenvalue weighted by molar-refractivity contribution is 6.32. The largest absolute Gasteiger partial charge is 0.489 e. The Bertz CT molecular complexity index is 557. The van der Waals surface area contributed by atoms with E-state index in [2.05, 4.69) is 5.32 Å². The van der Waals surface area contributed by atoms with Crippen LogP contribution < -0.4 is 14.8 Å². The smallest absolute Gasteiger partial charge is 0.323 e. The molecule has 0 atom stereocenters. The molecule has 5 nitrogen and oxygen atoms in total. The first kappa shape index (κ1) is 14.5. The highest BCUT2D eigenvalue weighted by Crippen LogP contribution is 2.38. The van der Waals surface area contributed by atoms with Gasteiger partial charge in [-0.3, -0.25) is 10.1 Å². The summed E-state index contributed by atoms with van der Waals surface area (Å²) in [6.07, 6.45) is 3.10. The molecule has 0 aromatic heterocycles. The molecule has 1 aromatic carbocycles. The second-order valence-corrected chi connectivity index (χ2v) is 5.96. The predicted octanol–water partition coefficient (Wildman–Crippen LogP) is 2.60. The van der Waals surface area contributed by atoms with Crippen LogP contribution in [0, 0.1) is 0 Å². The van der Waals surface area contributed by atoms with E-state index in [1.165, 1.54) is 0 Å². The number of hydrogen-bond acceptors (Lipinski definition) is 4. The first-order valence-corrected chi connectivity index (χ1v) is 7.55. The van der Waals surface area contributed by atoms with Crippen molar-refractivity contribution in [3.8, 4) is 11.5 Å². The van der Waals surface area contributed by atoms with Crippen molar-refractivity contribution in [1.82, 2.24) is 5.32 Å². The van der Waals surface area contributed by atoms with E-state index in [0.717, 1.165) is 18.4 Å². The first-order valence-electron chi connectivity index (χ1n) is 7.17. The fourth-order valence-electron chi connectivity index (χ4n) is 2.65. The van der Waals surface area contributed by atoms with Gasteiger partial charge in [-0.05, 0) is 37.0 Å². The van der Waals surface area contributed by atoms with Crippen LogP contribution in [0.1, 0.15) is 31.2 Å². The van der Waals surface area contributed by atoms with E-state index in [1.807, 2.05) is 6.07 Å². The van der Waals surface area contributed by atoms with Gasteiger partial charge in [-0.2, -0.15) is 0 Å². The lowest BCUT2D eigenvalue weighted by Gasteiger charge is -2.38. The standard InChI is InChI=1S/C15H18ClNO4/c16-11-7-10(8-12-13(11)21-6-2-5-20-12)9-17-15(14(18)19)3-1-4-15/h7-8,17H,1-6,9H2,(H,18,19). The van der Waals surface area contributed by atoms with E-state index in [4.69, 9.17) is 21.1 Å². The Morgan fingerprint density at radius 1 is 1.29 bits per heavy atom. The van der Waals surface area contributed by atoms with Gasteiger partial charge in [0.1, 0.15) is 5.54 Å². The Hall–Kier alpha value is -1.46. The molecule has 1 heterocycles. The number of fused-ring (bicyclic) bond motifs is 1. The summed E-state index contributed by atoms with van der Waals surface area (Å²) < 4.78 is 11.2. The predicted molar refractivity (Wildman–Crippen MR) is 78.1 cm³/mol. The van der Waals surface area contributed by atoms with Crippen molar-refractivity contribution in [3.63, 3.8) is 0 Å². The van der Waals surface area contributed by atoms with Crippen LogP contribution in [0.2, 0.25) is 5.02 Å². The Labute approximate surface area is 128 Å².